The SMILES string of the molecule is COc1ccc(NC(=O)[C@H](C)Sc2nnc(-c3ccccc3C)n2C)cc1OC. The van der Waals surface area contributed by atoms with E-state index in [4.69, 9.17) is 9.47 Å². The first-order valence-electron chi connectivity index (χ1n) is 9.09. The number of amides is 1. The Balaban J connectivity index is 1.71. The Bertz CT molecular complexity index is 1020. The molecule has 0 aliphatic heterocycles. The summed E-state index contributed by atoms with van der Waals surface area (Å²) < 4.78 is 12.4. The van der Waals surface area contributed by atoms with Crippen LogP contribution in [0, 0.1) is 6.92 Å². The number of aromatic nitrogens is 3. The molecule has 1 atom stereocenters. The number of hydrogen-bond acceptors (Lipinski definition) is 6. The number of anilines is 1. The summed E-state index contributed by atoms with van der Waals surface area (Å²) >= 11 is 1.36. The zero-order valence-electron chi connectivity index (χ0n) is 17.1. The fraction of sp³-hybridized carbons (Fsp3) is 0.286. The molecule has 0 radical (unpaired) electrons. The Kier molecular flexibility index (Phi) is 6.43. The predicted octanol–water partition coefficient (Wildman–Crippen LogP) is 3.93. The fourth-order valence-electron chi connectivity index (χ4n) is 2.85. The van der Waals surface area contributed by atoms with Crippen molar-refractivity contribution in [1.29, 1.82) is 0 Å². The second kappa shape index (κ2) is 9.00. The molecule has 1 aromatic heterocycles. The number of methoxy groups -OCH3 is 2. The lowest BCUT2D eigenvalue weighted by Gasteiger charge is -2.14. The van der Waals surface area contributed by atoms with Crippen molar-refractivity contribution in [3.8, 4) is 22.9 Å². The number of aryl methyl sites for hydroxylation is 1. The second-order valence-corrected chi connectivity index (χ2v) is 7.81. The van der Waals surface area contributed by atoms with Gasteiger partial charge >= 0.3 is 0 Å². The van der Waals surface area contributed by atoms with E-state index in [0.29, 0.717) is 22.3 Å². The minimum atomic E-state index is -0.365. The Morgan fingerprint density at radius 1 is 1.10 bits per heavy atom. The van der Waals surface area contributed by atoms with E-state index in [1.165, 1.54) is 11.8 Å². The van der Waals surface area contributed by atoms with Crippen LogP contribution in [0.25, 0.3) is 11.4 Å². The first-order valence-corrected chi connectivity index (χ1v) is 9.97. The molecule has 3 aromatic rings. The average molecular weight is 413 g/mol. The van der Waals surface area contributed by atoms with Crippen molar-refractivity contribution < 1.29 is 14.3 Å². The third kappa shape index (κ3) is 4.54. The summed E-state index contributed by atoms with van der Waals surface area (Å²) in [4.78, 5) is 12.7. The molecule has 0 aliphatic rings. The minimum absolute atomic E-state index is 0.136. The van der Waals surface area contributed by atoms with Crippen molar-refractivity contribution in [2.75, 3.05) is 19.5 Å². The maximum absolute atomic E-state index is 12.7. The number of nitrogens with zero attached hydrogens (tertiary/aromatic N) is 3. The number of carbonyl (C=O) groups is 1. The van der Waals surface area contributed by atoms with Gasteiger partial charge in [-0.2, -0.15) is 0 Å². The van der Waals surface area contributed by atoms with Crippen molar-refractivity contribution in [2.45, 2.75) is 24.3 Å². The number of carbonyl (C=O) groups excluding carboxylic acids is 1. The minimum Gasteiger partial charge on any atom is -0.493 e. The maximum Gasteiger partial charge on any atom is 0.237 e. The highest BCUT2D eigenvalue weighted by atomic mass is 32.2. The van der Waals surface area contributed by atoms with Gasteiger partial charge in [-0.15, -0.1) is 10.2 Å². The fourth-order valence-corrected chi connectivity index (χ4v) is 3.66. The summed E-state index contributed by atoms with van der Waals surface area (Å²) in [6.07, 6.45) is 0. The Hall–Kier alpha value is -3.00. The number of ether oxygens (including phenoxy) is 2. The van der Waals surface area contributed by atoms with Crippen LogP contribution in [0.1, 0.15) is 12.5 Å². The molecule has 1 amide bonds. The van der Waals surface area contributed by atoms with Gasteiger partial charge in [-0.1, -0.05) is 36.0 Å². The molecular formula is C21H24N4O3S. The molecule has 2 aromatic carbocycles. The van der Waals surface area contributed by atoms with Gasteiger partial charge in [-0.05, 0) is 31.5 Å². The third-order valence-electron chi connectivity index (χ3n) is 4.52. The van der Waals surface area contributed by atoms with E-state index in [1.54, 1.807) is 32.4 Å². The van der Waals surface area contributed by atoms with Crippen LogP contribution >= 0.6 is 11.8 Å². The standard InChI is InChI=1S/C21H24N4O3S/c1-13-8-6-7-9-16(13)19-23-24-21(25(19)3)29-14(2)20(26)22-15-10-11-17(27-4)18(12-15)28-5/h6-12,14H,1-5H3,(H,22,26)/t14-/m0/s1. The van der Waals surface area contributed by atoms with Gasteiger partial charge in [-0.3, -0.25) is 4.79 Å². The van der Waals surface area contributed by atoms with Crippen LogP contribution in [0.4, 0.5) is 5.69 Å². The smallest absolute Gasteiger partial charge is 0.237 e. The Morgan fingerprint density at radius 3 is 2.52 bits per heavy atom. The molecule has 0 unspecified atom stereocenters. The molecular weight excluding hydrogens is 388 g/mol. The van der Waals surface area contributed by atoms with Gasteiger partial charge in [0.05, 0.1) is 19.5 Å². The molecule has 1 N–H and O–H groups in total. The summed E-state index contributed by atoms with van der Waals surface area (Å²) in [5, 5.41) is 11.8. The largest absolute Gasteiger partial charge is 0.493 e. The highest BCUT2D eigenvalue weighted by Crippen LogP contribution is 2.31. The molecule has 0 spiro atoms. The quantitative estimate of drug-likeness (QED) is 0.593. The molecule has 3 rings (SSSR count). The lowest BCUT2D eigenvalue weighted by molar-refractivity contribution is -0.115. The van der Waals surface area contributed by atoms with E-state index in [0.717, 1.165) is 17.0 Å². The summed E-state index contributed by atoms with van der Waals surface area (Å²) in [6, 6.07) is 13.3. The van der Waals surface area contributed by atoms with E-state index in [2.05, 4.69) is 15.5 Å². The second-order valence-electron chi connectivity index (χ2n) is 6.50. The number of hydrogen-bond donors (Lipinski definition) is 1. The molecule has 152 valence electrons. The first-order chi connectivity index (χ1) is 13.9. The summed E-state index contributed by atoms with van der Waals surface area (Å²) in [5.41, 5.74) is 2.79. The van der Waals surface area contributed by atoms with Gasteiger partial charge in [-0.25, -0.2) is 0 Å². The molecule has 1 heterocycles. The van der Waals surface area contributed by atoms with E-state index >= 15 is 0 Å². The van der Waals surface area contributed by atoms with Gasteiger partial charge in [0.1, 0.15) is 0 Å². The highest BCUT2D eigenvalue weighted by molar-refractivity contribution is 8.00. The lowest BCUT2D eigenvalue weighted by atomic mass is 10.1. The predicted molar refractivity (Wildman–Crippen MR) is 115 cm³/mol. The molecule has 0 aliphatic carbocycles. The van der Waals surface area contributed by atoms with Gasteiger partial charge in [0.25, 0.3) is 0 Å². The van der Waals surface area contributed by atoms with Gasteiger partial charge in [0.2, 0.25) is 5.91 Å². The summed E-state index contributed by atoms with van der Waals surface area (Å²) in [7, 11) is 5.03. The third-order valence-corrected chi connectivity index (χ3v) is 5.66. The summed E-state index contributed by atoms with van der Waals surface area (Å²) in [6.45, 7) is 3.87. The van der Waals surface area contributed by atoms with E-state index in [1.807, 2.05) is 49.7 Å². The molecule has 8 heteroatoms. The Labute approximate surface area is 174 Å². The number of thioether (sulfide) groups is 1. The van der Waals surface area contributed by atoms with Crippen molar-refractivity contribution in [1.82, 2.24) is 14.8 Å². The van der Waals surface area contributed by atoms with Gasteiger partial charge in [0.15, 0.2) is 22.5 Å². The number of benzene rings is 2. The van der Waals surface area contributed by atoms with Crippen molar-refractivity contribution in [2.24, 2.45) is 7.05 Å². The van der Waals surface area contributed by atoms with Crippen LogP contribution in [0.15, 0.2) is 47.6 Å². The van der Waals surface area contributed by atoms with Crippen LogP contribution < -0.4 is 14.8 Å². The molecule has 0 saturated carbocycles. The van der Waals surface area contributed by atoms with Gasteiger partial charge < -0.3 is 19.4 Å². The van der Waals surface area contributed by atoms with Crippen LogP contribution in [0.2, 0.25) is 0 Å². The average Bonchev–Trinajstić information content (AvgIpc) is 3.08. The van der Waals surface area contributed by atoms with E-state index < -0.39 is 0 Å². The topological polar surface area (TPSA) is 78.3 Å². The van der Waals surface area contributed by atoms with Crippen LogP contribution in [0.5, 0.6) is 11.5 Å². The van der Waals surface area contributed by atoms with Crippen molar-refractivity contribution in [3.63, 3.8) is 0 Å². The highest BCUT2D eigenvalue weighted by Gasteiger charge is 2.20. The van der Waals surface area contributed by atoms with Crippen molar-refractivity contribution >= 4 is 23.4 Å². The molecule has 0 bridgehead atoms. The van der Waals surface area contributed by atoms with E-state index in [9.17, 15) is 4.79 Å². The van der Waals surface area contributed by atoms with E-state index in [-0.39, 0.29) is 11.2 Å². The number of nitrogens with one attached hydrogen (secondary N) is 1. The first kappa shape index (κ1) is 20.7. The van der Waals surface area contributed by atoms with Crippen LogP contribution in [-0.2, 0) is 11.8 Å². The summed E-state index contributed by atoms with van der Waals surface area (Å²) in [5.74, 6) is 1.80. The number of rotatable bonds is 7. The molecule has 7 nitrogen and oxygen atoms in total. The zero-order chi connectivity index (χ0) is 21.0. The molecule has 0 fully saturated rings. The lowest BCUT2D eigenvalue weighted by Crippen LogP contribution is -2.22. The van der Waals surface area contributed by atoms with Crippen LogP contribution in [0.3, 0.4) is 0 Å². The normalized spacial score (nSPS) is 11.8. The van der Waals surface area contributed by atoms with Gasteiger partial charge in [0, 0.05) is 24.4 Å². The molecule has 0 saturated heterocycles. The van der Waals surface area contributed by atoms with Crippen molar-refractivity contribution in [3.05, 3.63) is 48.0 Å². The maximum atomic E-state index is 12.7. The zero-order valence-corrected chi connectivity index (χ0v) is 17.9. The molecule has 29 heavy (non-hydrogen) atoms. The van der Waals surface area contributed by atoms with Crippen LogP contribution in [-0.4, -0.2) is 40.1 Å². The monoisotopic (exact) mass is 412 g/mol. The Morgan fingerprint density at radius 2 is 1.83 bits per heavy atom.